The molecule has 0 heterocycles. The Kier molecular flexibility index (Phi) is 7.77. The molecule has 160 valence electrons. The summed E-state index contributed by atoms with van der Waals surface area (Å²) < 4.78 is 18.9. The second kappa shape index (κ2) is 10.1. The molecular formula is C21H23ClFN3O4. The molecule has 3 N–H and O–H groups in total. The fourth-order valence-electron chi connectivity index (χ4n) is 2.40. The number of nitrogens with one attached hydrogen (secondary N) is 3. The third-order valence-electron chi connectivity index (χ3n) is 3.66. The molecule has 0 saturated heterocycles. The van der Waals surface area contributed by atoms with Gasteiger partial charge in [0.2, 0.25) is 5.91 Å². The Morgan fingerprint density at radius 3 is 2.43 bits per heavy atom. The molecule has 0 spiro atoms. The number of halogens is 2. The molecule has 0 bridgehead atoms. The minimum Gasteiger partial charge on any atom is -0.444 e. The normalized spacial score (nSPS) is 10.8. The third-order valence-corrected chi connectivity index (χ3v) is 3.97. The molecule has 0 aliphatic heterocycles. The van der Waals surface area contributed by atoms with Crippen molar-refractivity contribution in [3.05, 3.63) is 64.4 Å². The predicted octanol–water partition coefficient (Wildman–Crippen LogP) is 3.87. The standard InChI is InChI=1S/C21H23ClFN3O4/c1-21(2,3)30-20(29)25-12-17(27)24-11-13-6-4-7-14(10-13)26-19(28)18-15(22)8-5-9-16(18)23/h4-10H,11-12H2,1-3H3,(H,24,27)(H,25,29)(H,26,28). The Bertz CT molecular complexity index is 924. The highest BCUT2D eigenvalue weighted by Crippen LogP contribution is 2.21. The van der Waals surface area contributed by atoms with Crippen LogP contribution in [0.2, 0.25) is 5.02 Å². The number of hydrogen-bond acceptors (Lipinski definition) is 4. The van der Waals surface area contributed by atoms with Gasteiger partial charge in [0.25, 0.3) is 5.91 Å². The summed E-state index contributed by atoms with van der Waals surface area (Å²) in [5, 5.41) is 7.60. The highest BCUT2D eigenvalue weighted by molar-refractivity contribution is 6.34. The Morgan fingerprint density at radius 2 is 1.77 bits per heavy atom. The maximum absolute atomic E-state index is 13.9. The second-order valence-corrected chi connectivity index (χ2v) is 7.79. The average molecular weight is 436 g/mol. The van der Waals surface area contributed by atoms with E-state index in [-0.39, 0.29) is 23.7 Å². The zero-order chi connectivity index (χ0) is 22.3. The molecule has 0 aliphatic carbocycles. The van der Waals surface area contributed by atoms with E-state index in [0.29, 0.717) is 11.3 Å². The van der Waals surface area contributed by atoms with Gasteiger partial charge in [-0.15, -0.1) is 0 Å². The Hall–Kier alpha value is -3.13. The van der Waals surface area contributed by atoms with Crippen molar-refractivity contribution in [1.29, 1.82) is 0 Å². The zero-order valence-electron chi connectivity index (χ0n) is 16.8. The number of alkyl carbamates (subject to hydrolysis) is 1. The smallest absolute Gasteiger partial charge is 0.408 e. The highest BCUT2D eigenvalue weighted by Gasteiger charge is 2.17. The van der Waals surface area contributed by atoms with Crippen LogP contribution in [0.3, 0.4) is 0 Å². The maximum atomic E-state index is 13.9. The second-order valence-electron chi connectivity index (χ2n) is 7.38. The van der Waals surface area contributed by atoms with Gasteiger partial charge in [0.05, 0.1) is 10.6 Å². The number of carbonyl (C=O) groups is 3. The van der Waals surface area contributed by atoms with Gasteiger partial charge in [-0.1, -0.05) is 29.8 Å². The lowest BCUT2D eigenvalue weighted by Crippen LogP contribution is -2.39. The van der Waals surface area contributed by atoms with Gasteiger partial charge in [0.1, 0.15) is 18.0 Å². The molecular weight excluding hydrogens is 413 g/mol. The predicted molar refractivity (Wildman–Crippen MR) is 112 cm³/mol. The largest absolute Gasteiger partial charge is 0.444 e. The summed E-state index contributed by atoms with van der Waals surface area (Å²) in [7, 11) is 0. The van der Waals surface area contributed by atoms with E-state index in [1.54, 1.807) is 45.0 Å². The van der Waals surface area contributed by atoms with E-state index in [9.17, 15) is 18.8 Å². The molecule has 2 aromatic carbocycles. The van der Waals surface area contributed by atoms with Crippen molar-refractivity contribution < 1.29 is 23.5 Å². The minimum absolute atomic E-state index is 0.00778. The molecule has 9 heteroatoms. The van der Waals surface area contributed by atoms with Crippen molar-refractivity contribution in [2.45, 2.75) is 32.9 Å². The van der Waals surface area contributed by atoms with Gasteiger partial charge in [-0.25, -0.2) is 9.18 Å². The monoisotopic (exact) mass is 435 g/mol. The lowest BCUT2D eigenvalue weighted by atomic mass is 10.1. The van der Waals surface area contributed by atoms with Gasteiger partial charge in [-0.3, -0.25) is 9.59 Å². The van der Waals surface area contributed by atoms with Crippen LogP contribution in [0.4, 0.5) is 14.9 Å². The lowest BCUT2D eigenvalue weighted by Gasteiger charge is -2.19. The molecule has 30 heavy (non-hydrogen) atoms. The van der Waals surface area contributed by atoms with E-state index >= 15 is 0 Å². The molecule has 0 unspecified atom stereocenters. The van der Waals surface area contributed by atoms with Crippen LogP contribution >= 0.6 is 11.6 Å². The Balaban J connectivity index is 1.89. The summed E-state index contributed by atoms with van der Waals surface area (Å²) in [5.41, 5.74) is 0.209. The molecule has 0 aromatic heterocycles. The summed E-state index contributed by atoms with van der Waals surface area (Å²) >= 11 is 5.91. The minimum atomic E-state index is -0.721. The molecule has 2 rings (SSSR count). The van der Waals surface area contributed by atoms with Crippen LogP contribution in [0.15, 0.2) is 42.5 Å². The molecule has 0 saturated carbocycles. The number of hydrogen-bond donors (Lipinski definition) is 3. The molecule has 0 fully saturated rings. The van der Waals surface area contributed by atoms with Crippen LogP contribution in [0, 0.1) is 5.82 Å². The first-order valence-corrected chi connectivity index (χ1v) is 9.51. The first kappa shape index (κ1) is 23.2. The summed E-state index contributed by atoms with van der Waals surface area (Å²) in [6, 6.07) is 10.7. The number of amides is 3. The van der Waals surface area contributed by atoms with Gasteiger partial charge in [-0.2, -0.15) is 0 Å². The van der Waals surface area contributed by atoms with Gasteiger partial charge in [0.15, 0.2) is 0 Å². The van der Waals surface area contributed by atoms with Crippen molar-refractivity contribution >= 4 is 35.2 Å². The van der Waals surface area contributed by atoms with Crippen molar-refractivity contribution in [3.63, 3.8) is 0 Å². The first-order valence-electron chi connectivity index (χ1n) is 9.13. The number of benzene rings is 2. The highest BCUT2D eigenvalue weighted by atomic mass is 35.5. The maximum Gasteiger partial charge on any atom is 0.408 e. The van der Waals surface area contributed by atoms with E-state index in [4.69, 9.17) is 16.3 Å². The zero-order valence-corrected chi connectivity index (χ0v) is 17.6. The van der Waals surface area contributed by atoms with E-state index in [1.807, 2.05) is 0 Å². The topological polar surface area (TPSA) is 96.5 Å². The summed E-state index contributed by atoms with van der Waals surface area (Å²) in [4.78, 5) is 35.8. The number of ether oxygens (including phenoxy) is 1. The Morgan fingerprint density at radius 1 is 1.07 bits per heavy atom. The van der Waals surface area contributed by atoms with E-state index in [2.05, 4.69) is 16.0 Å². The number of anilines is 1. The molecule has 0 aliphatic rings. The summed E-state index contributed by atoms with van der Waals surface area (Å²) in [6.07, 6.45) is -0.686. The van der Waals surface area contributed by atoms with Crippen LogP contribution in [-0.4, -0.2) is 30.1 Å². The third kappa shape index (κ3) is 7.36. The number of rotatable bonds is 6. The van der Waals surface area contributed by atoms with Crippen LogP contribution in [0.5, 0.6) is 0 Å². The fraction of sp³-hybridized carbons (Fsp3) is 0.286. The molecule has 3 amide bonds. The molecule has 2 aromatic rings. The van der Waals surface area contributed by atoms with Crippen molar-refractivity contribution in [1.82, 2.24) is 10.6 Å². The van der Waals surface area contributed by atoms with E-state index < -0.39 is 29.3 Å². The molecule has 0 atom stereocenters. The van der Waals surface area contributed by atoms with Crippen molar-refractivity contribution in [3.8, 4) is 0 Å². The van der Waals surface area contributed by atoms with Gasteiger partial charge >= 0.3 is 6.09 Å². The van der Waals surface area contributed by atoms with Crippen molar-refractivity contribution in [2.75, 3.05) is 11.9 Å². The van der Waals surface area contributed by atoms with Crippen LogP contribution in [-0.2, 0) is 16.1 Å². The van der Waals surface area contributed by atoms with Crippen molar-refractivity contribution in [2.24, 2.45) is 0 Å². The van der Waals surface area contributed by atoms with E-state index in [0.717, 1.165) is 6.07 Å². The van der Waals surface area contributed by atoms with Gasteiger partial charge < -0.3 is 20.7 Å². The van der Waals surface area contributed by atoms with Crippen LogP contribution in [0.1, 0.15) is 36.7 Å². The molecule has 0 radical (unpaired) electrons. The summed E-state index contributed by atoms with van der Waals surface area (Å²) in [5.74, 6) is -1.81. The van der Waals surface area contributed by atoms with E-state index in [1.165, 1.54) is 12.1 Å². The summed E-state index contributed by atoms with van der Waals surface area (Å²) in [6.45, 7) is 5.09. The quantitative estimate of drug-likeness (QED) is 0.641. The molecule has 7 nitrogen and oxygen atoms in total. The van der Waals surface area contributed by atoms with Gasteiger partial charge in [0, 0.05) is 12.2 Å². The first-order chi connectivity index (χ1) is 14.0. The number of carbonyl (C=O) groups excluding carboxylic acids is 3. The fourth-order valence-corrected chi connectivity index (χ4v) is 2.65. The van der Waals surface area contributed by atoms with Crippen LogP contribution < -0.4 is 16.0 Å². The average Bonchev–Trinajstić information content (AvgIpc) is 2.63. The van der Waals surface area contributed by atoms with Gasteiger partial charge in [-0.05, 0) is 50.6 Å². The Labute approximate surface area is 178 Å². The van der Waals surface area contributed by atoms with Crippen LogP contribution in [0.25, 0.3) is 0 Å². The SMILES string of the molecule is CC(C)(C)OC(=O)NCC(=O)NCc1cccc(NC(=O)c2c(F)cccc2Cl)c1. The lowest BCUT2D eigenvalue weighted by molar-refractivity contribution is -0.120.